The number of carbonyl (C=O) groups is 1. The molecule has 2 N–H and O–H groups in total. The van der Waals surface area contributed by atoms with Crippen molar-refractivity contribution < 1.29 is 14.3 Å². The van der Waals surface area contributed by atoms with Crippen molar-refractivity contribution in [1.29, 1.82) is 0 Å². The molecular weight excluding hydrogens is 460 g/mol. The molecule has 0 bridgehead atoms. The number of amides is 1. The summed E-state index contributed by atoms with van der Waals surface area (Å²) in [5, 5.41) is 7.07. The molecule has 188 valence electrons. The van der Waals surface area contributed by atoms with E-state index in [0.29, 0.717) is 6.42 Å². The van der Waals surface area contributed by atoms with Crippen LogP contribution in [0.4, 0.5) is 11.4 Å². The number of rotatable bonds is 9. The van der Waals surface area contributed by atoms with E-state index in [0.717, 1.165) is 45.6 Å². The van der Waals surface area contributed by atoms with Gasteiger partial charge in [0.15, 0.2) is 0 Å². The first-order chi connectivity index (χ1) is 18.1. The monoisotopic (exact) mass is 492 g/mol. The zero-order valence-corrected chi connectivity index (χ0v) is 21.2. The first kappa shape index (κ1) is 24.8. The normalized spacial score (nSPS) is 13.9. The third-order valence-electron chi connectivity index (χ3n) is 7.01. The van der Waals surface area contributed by atoms with Crippen LogP contribution in [0.15, 0.2) is 103 Å². The van der Waals surface area contributed by atoms with Crippen LogP contribution in [0.5, 0.6) is 0 Å². The van der Waals surface area contributed by atoms with Crippen LogP contribution in [0.3, 0.4) is 0 Å². The molecule has 37 heavy (non-hydrogen) atoms. The van der Waals surface area contributed by atoms with Gasteiger partial charge < -0.3 is 20.1 Å². The SMILES string of the molecule is COCOC(C)c1ccccc1C(Nc1cccc2c1NC(=O)CC2)(c1ccccc1)c1ccccc1. The lowest BCUT2D eigenvalue weighted by Crippen LogP contribution is -2.40. The van der Waals surface area contributed by atoms with Crippen molar-refractivity contribution in [2.45, 2.75) is 31.4 Å². The van der Waals surface area contributed by atoms with E-state index in [9.17, 15) is 4.79 Å². The minimum atomic E-state index is -0.777. The highest BCUT2D eigenvalue weighted by Crippen LogP contribution is 2.45. The number of nitrogens with one attached hydrogen (secondary N) is 2. The summed E-state index contributed by atoms with van der Waals surface area (Å²) in [6.45, 7) is 2.24. The second-order valence-corrected chi connectivity index (χ2v) is 9.30. The second kappa shape index (κ2) is 11.0. The highest BCUT2D eigenvalue weighted by Gasteiger charge is 2.39. The molecule has 5 heteroatoms. The number of hydrogen-bond donors (Lipinski definition) is 2. The van der Waals surface area contributed by atoms with Gasteiger partial charge in [0.1, 0.15) is 12.3 Å². The summed E-state index contributed by atoms with van der Waals surface area (Å²) in [6, 6.07) is 35.4. The van der Waals surface area contributed by atoms with Crippen LogP contribution in [0.2, 0.25) is 0 Å². The minimum Gasteiger partial charge on any atom is -0.366 e. The van der Waals surface area contributed by atoms with E-state index in [4.69, 9.17) is 9.47 Å². The van der Waals surface area contributed by atoms with Crippen molar-refractivity contribution in [3.8, 4) is 0 Å². The van der Waals surface area contributed by atoms with E-state index < -0.39 is 5.54 Å². The Morgan fingerprint density at radius 3 is 2.16 bits per heavy atom. The summed E-state index contributed by atoms with van der Waals surface area (Å²) in [7, 11) is 1.63. The molecule has 0 saturated carbocycles. The van der Waals surface area contributed by atoms with Gasteiger partial charge in [-0.15, -0.1) is 0 Å². The molecule has 1 atom stereocenters. The van der Waals surface area contributed by atoms with Crippen molar-refractivity contribution in [2.75, 3.05) is 24.5 Å². The van der Waals surface area contributed by atoms with Crippen molar-refractivity contribution in [3.05, 3.63) is 131 Å². The van der Waals surface area contributed by atoms with E-state index in [1.165, 1.54) is 0 Å². The molecule has 0 radical (unpaired) electrons. The van der Waals surface area contributed by atoms with Gasteiger partial charge in [-0.25, -0.2) is 0 Å². The smallest absolute Gasteiger partial charge is 0.224 e. The first-order valence-corrected chi connectivity index (χ1v) is 12.6. The molecule has 0 spiro atoms. The molecule has 0 aromatic heterocycles. The van der Waals surface area contributed by atoms with Gasteiger partial charge in [0, 0.05) is 13.5 Å². The van der Waals surface area contributed by atoms with Crippen LogP contribution in [0.25, 0.3) is 0 Å². The van der Waals surface area contributed by atoms with Crippen LogP contribution in [0.1, 0.15) is 47.3 Å². The quantitative estimate of drug-likeness (QED) is 0.203. The molecule has 4 aromatic carbocycles. The Labute approximate surface area is 218 Å². The lowest BCUT2D eigenvalue weighted by molar-refractivity contribution is -0.116. The van der Waals surface area contributed by atoms with Gasteiger partial charge in [0.05, 0.1) is 17.5 Å². The fourth-order valence-corrected chi connectivity index (χ4v) is 5.23. The molecule has 1 aliphatic heterocycles. The second-order valence-electron chi connectivity index (χ2n) is 9.30. The van der Waals surface area contributed by atoms with E-state index in [1.54, 1.807) is 7.11 Å². The first-order valence-electron chi connectivity index (χ1n) is 12.6. The lowest BCUT2D eigenvalue weighted by atomic mass is 9.74. The average molecular weight is 493 g/mol. The zero-order valence-electron chi connectivity index (χ0n) is 21.2. The topological polar surface area (TPSA) is 59.6 Å². The molecule has 0 fully saturated rings. The van der Waals surface area contributed by atoms with Crippen LogP contribution >= 0.6 is 0 Å². The van der Waals surface area contributed by atoms with Gasteiger partial charge in [-0.05, 0) is 47.2 Å². The van der Waals surface area contributed by atoms with Crippen LogP contribution < -0.4 is 10.6 Å². The van der Waals surface area contributed by atoms with E-state index in [2.05, 4.69) is 89.5 Å². The van der Waals surface area contributed by atoms with Crippen LogP contribution in [0, 0.1) is 0 Å². The third kappa shape index (κ3) is 4.88. The highest BCUT2D eigenvalue weighted by atomic mass is 16.7. The molecule has 1 amide bonds. The zero-order chi connectivity index (χ0) is 25.7. The molecule has 0 saturated heterocycles. The predicted molar refractivity (Wildman–Crippen MR) is 148 cm³/mol. The van der Waals surface area contributed by atoms with Gasteiger partial charge in [0.2, 0.25) is 5.91 Å². The number of methoxy groups -OCH3 is 1. The largest absolute Gasteiger partial charge is 0.366 e. The fraction of sp³-hybridized carbons (Fsp3) is 0.219. The van der Waals surface area contributed by atoms with Crippen molar-refractivity contribution in [2.24, 2.45) is 0 Å². The van der Waals surface area contributed by atoms with Gasteiger partial charge in [-0.2, -0.15) is 0 Å². The number of para-hydroxylation sites is 1. The number of carbonyl (C=O) groups excluding carboxylic acids is 1. The summed E-state index contributed by atoms with van der Waals surface area (Å²) in [5.41, 5.74) is 6.34. The number of hydrogen-bond acceptors (Lipinski definition) is 4. The van der Waals surface area contributed by atoms with Crippen LogP contribution in [-0.4, -0.2) is 19.8 Å². The Hall–Kier alpha value is -3.93. The molecule has 0 aliphatic carbocycles. The molecule has 5 rings (SSSR count). The molecule has 4 aromatic rings. The third-order valence-corrected chi connectivity index (χ3v) is 7.01. The predicted octanol–water partition coefficient (Wildman–Crippen LogP) is 6.66. The molecule has 1 aliphatic rings. The number of benzene rings is 4. The maximum absolute atomic E-state index is 12.4. The van der Waals surface area contributed by atoms with E-state index in [-0.39, 0.29) is 18.8 Å². The standard InChI is InChI=1S/C32H32N2O3/c1-23(37-22-36-2)27-17-9-10-18-28(27)32(25-13-5-3-6-14-25,26-15-7-4-8-16-26)34-29-19-11-12-24-20-21-30(35)33-31(24)29/h3-19,23,34H,20-22H2,1-2H3,(H,33,35). The Balaban J connectivity index is 1.79. The van der Waals surface area contributed by atoms with Gasteiger partial charge >= 0.3 is 0 Å². The minimum absolute atomic E-state index is 0.0359. The van der Waals surface area contributed by atoms with Crippen molar-refractivity contribution >= 4 is 17.3 Å². The van der Waals surface area contributed by atoms with Crippen molar-refractivity contribution in [3.63, 3.8) is 0 Å². The summed E-state index contributed by atoms with van der Waals surface area (Å²) in [5.74, 6) is 0.0359. The summed E-state index contributed by atoms with van der Waals surface area (Å²) < 4.78 is 11.3. The number of fused-ring (bicyclic) bond motifs is 1. The highest BCUT2D eigenvalue weighted by molar-refractivity contribution is 5.98. The Bertz CT molecular complexity index is 1320. The van der Waals surface area contributed by atoms with E-state index in [1.807, 2.05) is 31.2 Å². The summed E-state index contributed by atoms with van der Waals surface area (Å²) >= 11 is 0. The molecule has 5 nitrogen and oxygen atoms in total. The summed E-state index contributed by atoms with van der Waals surface area (Å²) in [6.07, 6.45) is 1.00. The molecule has 1 unspecified atom stereocenters. The van der Waals surface area contributed by atoms with Gasteiger partial charge in [0.25, 0.3) is 0 Å². The molecule has 1 heterocycles. The van der Waals surface area contributed by atoms with Gasteiger partial charge in [-0.3, -0.25) is 4.79 Å². The molecular formula is C32H32N2O3. The fourth-order valence-electron chi connectivity index (χ4n) is 5.23. The average Bonchev–Trinajstić information content (AvgIpc) is 2.96. The van der Waals surface area contributed by atoms with Gasteiger partial charge in [-0.1, -0.05) is 97.1 Å². The summed E-state index contributed by atoms with van der Waals surface area (Å²) in [4.78, 5) is 12.4. The maximum atomic E-state index is 12.4. The number of anilines is 2. The lowest BCUT2D eigenvalue weighted by Gasteiger charge is -2.40. The van der Waals surface area contributed by atoms with E-state index >= 15 is 0 Å². The number of aryl methyl sites for hydroxylation is 1. The Kier molecular flexibility index (Phi) is 7.35. The Morgan fingerprint density at radius 2 is 1.49 bits per heavy atom. The van der Waals surface area contributed by atoms with Crippen LogP contribution in [-0.2, 0) is 26.2 Å². The maximum Gasteiger partial charge on any atom is 0.224 e. The number of ether oxygens (including phenoxy) is 2. The van der Waals surface area contributed by atoms with Crippen molar-refractivity contribution in [1.82, 2.24) is 0 Å². The Morgan fingerprint density at radius 1 is 0.838 bits per heavy atom.